The molecule has 0 aliphatic heterocycles. The fourth-order valence-electron chi connectivity index (χ4n) is 4.33. The van der Waals surface area contributed by atoms with Crippen molar-refractivity contribution in [1.82, 2.24) is 4.90 Å². The van der Waals surface area contributed by atoms with Gasteiger partial charge < -0.3 is 4.90 Å². The summed E-state index contributed by atoms with van der Waals surface area (Å²) < 4.78 is 232. The van der Waals surface area contributed by atoms with Crippen LogP contribution in [0.5, 0.6) is 0 Å². The van der Waals surface area contributed by atoms with E-state index in [1.54, 1.807) is 0 Å². The van der Waals surface area contributed by atoms with E-state index >= 15 is 0 Å². The van der Waals surface area contributed by atoms with E-state index in [0.29, 0.717) is 25.7 Å². The fraction of sp³-hybridized carbons (Fsp3) is 0.963. The van der Waals surface area contributed by atoms with Gasteiger partial charge in [-0.2, -0.15) is 74.6 Å². The molecule has 0 aromatic carbocycles. The number of nitrogens with zero attached hydrogens (tertiary/aromatic N) is 1. The molecule has 46 heavy (non-hydrogen) atoms. The lowest BCUT2D eigenvalue weighted by molar-refractivity contribution is -0.459. The van der Waals surface area contributed by atoms with E-state index in [0.717, 1.165) is 38.5 Å². The topological polar surface area (TPSA) is 20.3 Å². The van der Waals surface area contributed by atoms with Crippen molar-refractivity contribution in [3.8, 4) is 0 Å². The average Bonchev–Trinajstić information content (AvgIpc) is 2.93. The number of hydrogen-bond acceptors (Lipinski definition) is 1. The molecule has 0 heterocycles. The van der Waals surface area contributed by atoms with Gasteiger partial charge in [0.2, 0.25) is 0 Å². The van der Waals surface area contributed by atoms with Gasteiger partial charge in [-0.05, 0) is 12.8 Å². The Bertz CT molecular complexity index is 900. The molecule has 0 rings (SSSR count). The second-order valence-electron chi connectivity index (χ2n) is 11.1. The summed E-state index contributed by atoms with van der Waals surface area (Å²) in [5, 5.41) is 0. The highest BCUT2D eigenvalue weighted by Gasteiger charge is 2.95. The maximum atomic E-state index is 14.7. The van der Waals surface area contributed by atoms with Crippen molar-refractivity contribution in [3.05, 3.63) is 0 Å². The second kappa shape index (κ2) is 16.6. The number of carbonyl (C=O) groups is 1. The first-order chi connectivity index (χ1) is 20.7. The Balaban J connectivity index is 6.32. The first-order valence-electron chi connectivity index (χ1n) is 14.7. The zero-order valence-electron chi connectivity index (χ0n) is 25.1. The van der Waals surface area contributed by atoms with Crippen molar-refractivity contribution in [2.75, 3.05) is 13.1 Å². The van der Waals surface area contributed by atoms with Gasteiger partial charge in [0.15, 0.2) is 0 Å². The van der Waals surface area contributed by atoms with Gasteiger partial charge in [-0.3, -0.25) is 4.79 Å². The predicted molar refractivity (Wildman–Crippen MR) is 133 cm³/mol. The molecular formula is C27H38F17NO. The molecule has 0 atom stereocenters. The van der Waals surface area contributed by atoms with Gasteiger partial charge in [-0.1, -0.05) is 90.9 Å². The van der Waals surface area contributed by atoms with Crippen LogP contribution in [0, 0.1) is 0 Å². The van der Waals surface area contributed by atoms with E-state index in [1.165, 1.54) is 0 Å². The van der Waals surface area contributed by atoms with Gasteiger partial charge in [-0.15, -0.1) is 0 Å². The van der Waals surface area contributed by atoms with Crippen molar-refractivity contribution >= 4 is 5.91 Å². The van der Waals surface area contributed by atoms with Gasteiger partial charge in [0.05, 0.1) is 0 Å². The third-order valence-electron chi connectivity index (χ3n) is 7.34. The summed E-state index contributed by atoms with van der Waals surface area (Å²) in [5.74, 6) is -61.1. The zero-order chi connectivity index (χ0) is 36.5. The molecule has 0 aliphatic carbocycles. The standard InChI is InChI=1S/C27H38F17NO/c1-3-5-7-9-11-13-15-17-45(18-16-14-12-10-8-6-4-2)19(46)20(28,29)21(30,31)22(32,33)23(34,35)24(36,37)25(38,39)26(40,41)27(42,43)44/h3-18H2,1-2H3. The third kappa shape index (κ3) is 9.04. The molecule has 0 fully saturated rings. The van der Waals surface area contributed by atoms with Gasteiger partial charge in [0.25, 0.3) is 5.91 Å². The van der Waals surface area contributed by atoms with Crippen LogP contribution in [-0.4, -0.2) is 71.5 Å². The monoisotopic (exact) mass is 715 g/mol. The minimum absolute atomic E-state index is 0.120. The summed E-state index contributed by atoms with van der Waals surface area (Å²) in [6, 6.07) is 0. The molecule has 0 unspecified atom stereocenters. The minimum Gasteiger partial charge on any atom is -0.337 e. The summed E-state index contributed by atoms with van der Waals surface area (Å²) in [6.45, 7) is 2.13. The molecule has 2 nitrogen and oxygen atoms in total. The number of alkyl halides is 17. The summed E-state index contributed by atoms with van der Waals surface area (Å²) in [6.07, 6.45) is -0.808. The fourth-order valence-corrected chi connectivity index (χ4v) is 4.33. The first-order valence-corrected chi connectivity index (χ1v) is 14.7. The van der Waals surface area contributed by atoms with Crippen LogP contribution in [0.15, 0.2) is 0 Å². The molecule has 19 heteroatoms. The number of unbranched alkanes of at least 4 members (excludes halogenated alkanes) is 12. The molecule has 1 amide bonds. The van der Waals surface area contributed by atoms with Crippen molar-refractivity contribution < 1.29 is 79.4 Å². The van der Waals surface area contributed by atoms with E-state index < -0.39 is 66.6 Å². The van der Waals surface area contributed by atoms with E-state index in [1.807, 2.05) is 13.8 Å². The highest BCUT2D eigenvalue weighted by Crippen LogP contribution is 2.64. The number of rotatable bonds is 23. The SMILES string of the molecule is CCCCCCCCCN(CCCCCCCCC)C(=O)C(F)(F)C(F)(F)C(F)(F)C(F)(F)C(F)(F)C(F)(F)C(F)(F)C(F)(F)F. The molecule has 0 aromatic rings. The average molecular weight is 716 g/mol. The Labute approximate surface area is 255 Å². The van der Waals surface area contributed by atoms with Crippen LogP contribution in [0.3, 0.4) is 0 Å². The van der Waals surface area contributed by atoms with E-state index in [4.69, 9.17) is 0 Å². The largest absolute Gasteiger partial charge is 0.460 e. The van der Waals surface area contributed by atoms with Crippen LogP contribution in [0.1, 0.15) is 104 Å². The van der Waals surface area contributed by atoms with Crippen LogP contribution < -0.4 is 0 Å². The Morgan fingerprint density at radius 3 is 0.957 bits per heavy atom. The summed E-state index contributed by atoms with van der Waals surface area (Å²) >= 11 is 0. The third-order valence-corrected chi connectivity index (χ3v) is 7.34. The smallest absolute Gasteiger partial charge is 0.337 e. The number of halogens is 17. The molecule has 276 valence electrons. The molecule has 0 aliphatic rings. The number of amides is 1. The Morgan fingerprint density at radius 2 is 0.652 bits per heavy atom. The molecule has 0 saturated heterocycles. The molecular weight excluding hydrogens is 677 g/mol. The number of hydrogen-bond donors (Lipinski definition) is 0. The lowest BCUT2D eigenvalue weighted by atomic mass is 9.88. The summed E-state index contributed by atoms with van der Waals surface area (Å²) in [5.41, 5.74) is 0. The molecule has 0 N–H and O–H groups in total. The molecule has 0 aromatic heterocycles. The van der Waals surface area contributed by atoms with Crippen molar-refractivity contribution in [2.45, 2.75) is 151 Å². The van der Waals surface area contributed by atoms with Gasteiger partial charge in [0.1, 0.15) is 0 Å². The quantitative estimate of drug-likeness (QED) is 0.0762. The van der Waals surface area contributed by atoms with E-state index in [-0.39, 0.29) is 30.6 Å². The Morgan fingerprint density at radius 1 is 0.391 bits per heavy atom. The van der Waals surface area contributed by atoms with Crippen LogP contribution in [-0.2, 0) is 4.79 Å². The lowest BCUT2D eigenvalue weighted by Gasteiger charge is -2.43. The predicted octanol–water partition coefficient (Wildman–Crippen LogP) is 11.3. The highest BCUT2D eigenvalue weighted by molar-refractivity contribution is 5.85. The first kappa shape index (κ1) is 44.3. The summed E-state index contributed by atoms with van der Waals surface area (Å²) in [4.78, 5) is 12.3. The van der Waals surface area contributed by atoms with Gasteiger partial charge >= 0.3 is 47.6 Å². The summed E-state index contributed by atoms with van der Waals surface area (Å²) in [7, 11) is 0. The lowest BCUT2D eigenvalue weighted by Crippen LogP contribution is -2.75. The van der Waals surface area contributed by atoms with Crippen LogP contribution in [0.25, 0.3) is 0 Å². The highest BCUT2D eigenvalue weighted by atomic mass is 19.4. The maximum absolute atomic E-state index is 14.7. The van der Waals surface area contributed by atoms with E-state index in [9.17, 15) is 79.4 Å². The van der Waals surface area contributed by atoms with Crippen molar-refractivity contribution in [2.24, 2.45) is 0 Å². The molecule has 0 radical (unpaired) electrons. The molecule has 0 saturated carbocycles. The van der Waals surface area contributed by atoms with Crippen molar-refractivity contribution in [3.63, 3.8) is 0 Å². The van der Waals surface area contributed by atoms with Crippen LogP contribution in [0.2, 0.25) is 0 Å². The van der Waals surface area contributed by atoms with Gasteiger partial charge in [0, 0.05) is 13.1 Å². The van der Waals surface area contributed by atoms with E-state index in [2.05, 4.69) is 0 Å². The zero-order valence-corrected chi connectivity index (χ0v) is 25.1. The maximum Gasteiger partial charge on any atom is 0.460 e. The second-order valence-corrected chi connectivity index (χ2v) is 11.1. The van der Waals surface area contributed by atoms with Crippen molar-refractivity contribution in [1.29, 1.82) is 0 Å². The van der Waals surface area contributed by atoms with Gasteiger partial charge in [-0.25, -0.2) is 0 Å². The minimum atomic E-state index is -8.72. The molecule has 0 bridgehead atoms. The Kier molecular flexibility index (Phi) is 16.0. The Hall–Kier alpha value is -1.72. The van der Waals surface area contributed by atoms with Crippen LogP contribution >= 0.6 is 0 Å². The van der Waals surface area contributed by atoms with Crippen LogP contribution in [0.4, 0.5) is 74.6 Å². The molecule has 0 spiro atoms. The number of carbonyl (C=O) groups excluding carboxylic acids is 1. The normalized spacial score (nSPS) is 14.6.